The third-order valence-corrected chi connectivity index (χ3v) is 10.3. The molecule has 35 heavy (non-hydrogen) atoms. The Morgan fingerprint density at radius 3 is 2.14 bits per heavy atom. The van der Waals surface area contributed by atoms with E-state index in [0.29, 0.717) is 56.6 Å². The fraction of sp³-hybridized carbons (Fsp3) is 0.458. The molecule has 0 saturated carbocycles. The predicted octanol–water partition coefficient (Wildman–Crippen LogP) is 2.42. The Labute approximate surface area is 207 Å². The minimum atomic E-state index is -3.64. The van der Waals surface area contributed by atoms with E-state index < -0.39 is 20.0 Å². The summed E-state index contributed by atoms with van der Waals surface area (Å²) in [5.74, 6) is 0.244. The maximum Gasteiger partial charge on any atom is 0.243 e. The normalized spacial score (nSPS) is 18.9. The summed E-state index contributed by atoms with van der Waals surface area (Å²) in [7, 11) is -7.23. The summed E-state index contributed by atoms with van der Waals surface area (Å²) < 4.78 is 59.6. The van der Waals surface area contributed by atoms with Crippen LogP contribution in [0.25, 0.3) is 0 Å². The van der Waals surface area contributed by atoms with Gasteiger partial charge >= 0.3 is 0 Å². The Morgan fingerprint density at radius 1 is 0.886 bits per heavy atom. The van der Waals surface area contributed by atoms with Crippen molar-refractivity contribution in [2.24, 2.45) is 5.92 Å². The van der Waals surface area contributed by atoms with Crippen molar-refractivity contribution in [2.45, 2.75) is 29.6 Å². The third kappa shape index (κ3) is 5.92. The molecule has 2 saturated heterocycles. The highest BCUT2D eigenvalue weighted by atomic mass is 32.2. The summed E-state index contributed by atoms with van der Waals surface area (Å²) in [6.45, 7) is 4.43. The lowest BCUT2D eigenvalue weighted by Crippen LogP contribution is -2.40. The van der Waals surface area contributed by atoms with Crippen molar-refractivity contribution in [1.29, 1.82) is 0 Å². The van der Waals surface area contributed by atoms with Crippen molar-refractivity contribution in [3.05, 3.63) is 54.1 Å². The fourth-order valence-electron chi connectivity index (χ4n) is 4.17. The topological polar surface area (TPSA) is 113 Å². The van der Waals surface area contributed by atoms with Gasteiger partial charge in [-0.3, -0.25) is 4.79 Å². The van der Waals surface area contributed by atoms with Crippen molar-refractivity contribution >= 4 is 31.5 Å². The van der Waals surface area contributed by atoms with Gasteiger partial charge in [-0.15, -0.1) is 0 Å². The standard InChI is InChI=1S/C24H31N3O6S2/c1-19-9-11-26(12-10-19)35(31,32)23-4-2-3-20(17-23)24(28)18-25-21-5-7-22(8-6-21)34(29,30)27-13-15-33-16-14-27/h2-8,17,19,25H,9-16,18H2,1H3. The van der Waals surface area contributed by atoms with E-state index in [1.165, 1.54) is 32.9 Å². The largest absolute Gasteiger partial charge is 0.379 e. The maximum absolute atomic E-state index is 13.0. The van der Waals surface area contributed by atoms with Gasteiger partial charge in [0.25, 0.3) is 0 Å². The van der Waals surface area contributed by atoms with Crippen LogP contribution >= 0.6 is 0 Å². The van der Waals surface area contributed by atoms with Crippen molar-refractivity contribution < 1.29 is 26.4 Å². The van der Waals surface area contributed by atoms with Crippen molar-refractivity contribution in [1.82, 2.24) is 8.61 Å². The fourth-order valence-corrected chi connectivity index (χ4v) is 7.09. The van der Waals surface area contributed by atoms with Crippen LogP contribution in [0, 0.1) is 5.92 Å². The molecule has 0 radical (unpaired) electrons. The average Bonchev–Trinajstić information content (AvgIpc) is 2.88. The van der Waals surface area contributed by atoms with E-state index in [2.05, 4.69) is 12.2 Å². The number of carbonyl (C=O) groups is 1. The number of sulfonamides is 2. The van der Waals surface area contributed by atoms with Crippen LogP contribution in [0.3, 0.4) is 0 Å². The van der Waals surface area contributed by atoms with Crippen molar-refractivity contribution in [2.75, 3.05) is 51.3 Å². The molecule has 0 atom stereocenters. The third-order valence-electron chi connectivity index (χ3n) is 6.45. The summed E-state index contributed by atoms with van der Waals surface area (Å²) >= 11 is 0. The number of ether oxygens (including phenoxy) is 1. The number of nitrogens with zero attached hydrogens (tertiary/aromatic N) is 2. The lowest BCUT2D eigenvalue weighted by Gasteiger charge is -2.29. The zero-order valence-corrected chi connectivity index (χ0v) is 21.4. The van der Waals surface area contributed by atoms with Crippen LogP contribution < -0.4 is 5.32 Å². The van der Waals surface area contributed by atoms with Gasteiger partial charge in [0.05, 0.1) is 29.5 Å². The molecule has 2 aromatic carbocycles. The molecule has 1 N–H and O–H groups in total. The van der Waals surface area contributed by atoms with Gasteiger partial charge in [-0.05, 0) is 55.2 Å². The van der Waals surface area contributed by atoms with Crippen LogP contribution in [0.15, 0.2) is 58.3 Å². The van der Waals surface area contributed by atoms with Gasteiger partial charge in [0, 0.05) is 37.4 Å². The van der Waals surface area contributed by atoms with E-state index in [0.717, 1.165) is 12.8 Å². The van der Waals surface area contributed by atoms with E-state index in [9.17, 15) is 21.6 Å². The molecule has 9 nitrogen and oxygen atoms in total. The number of morpholine rings is 1. The smallest absolute Gasteiger partial charge is 0.243 e. The van der Waals surface area contributed by atoms with Gasteiger partial charge in [0.15, 0.2) is 5.78 Å². The van der Waals surface area contributed by atoms with Gasteiger partial charge < -0.3 is 10.1 Å². The summed E-state index contributed by atoms with van der Waals surface area (Å²) in [6, 6.07) is 12.4. The Balaban J connectivity index is 1.39. The molecule has 0 unspecified atom stereocenters. The van der Waals surface area contributed by atoms with E-state index in [1.54, 1.807) is 24.3 Å². The molecule has 11 heteroatoms. The van der Waals surface area contributed by atoms with Gasteiger partial charge in [0.1, 0.15) is 0 Å². The highest BCUT2D eigenvalue weighted by Gasteiger charge is 2.29. The number of anilines is 1. The lowest BCUT2D eigenvalue weighted by atomic mass is 10.0. The van der Waals surface area contributed by atoms with E-state index >= 15 is 0 Å². The maximum atomic E-state index is 13.0. The lowest BCUT2D eigenvalue weighted by molar-refractivity contribution is 0.0730. The Bertz CT molecular complexity index is 1250. The van der Waals surface area contributed by atoms with E-state index in [-0.39, 0.29) is 22.1 Å². The second-order valence-corrected chi connectivity index (χ2v) is 12.8. The number of Topliss-reactive ketones (excluding diaryl/α,β-unsaturated/α-hetero) is 1. The molecule has 2 aromatic rings. The molecule has 190 valence electrons. The van der Waals surface area contributed by atoms with Crippen LogP contribution in [0.2, 0.25) is 0 Å². The molecule has 0 amide bonds. The highest BCUT2D eigenvalue weighted by molar-refractivity contribution is 7.89. The Hall–Kier alpha value is -2.31. The first-order valence-corrected chi connectivity index (χ1v) is 14.6. The van der Waals surface area contributed by atoms with Crippen LogP contribution in [0.1, 0.15) is 30.1 Å². The number of nitrogens with one attached hydrogen (secondary N) is 1. The number of ketones is 1. The highest BCUT2D eigenvalue weighted by Crippen LogP contribution is 2.24. The molecular formula is C24H31N3O6S2. The SMILES string of the molecule is CC1CCN(S(=O)(=O)c2cccc(C(=O)CNc3ccc(S(=O)(=O)N4CCOCC4)cc3)c2)CC1. The first-order valence-electron chi connectivity index (χ1n) is 11.7. The second kappa shape index (κ2) is 10.8. The van der Waals surface area contributed by atoms with Crippen molar-refractivity contribution in [3.8, 4) is 0 Å². The first kappa shape index (κ1) is 25.8. The Kier molecular flexibility index (Phi) is 7.92. The molecule has 0 aromatic heterocycles. The predicted molar refractivity (Wildman–Crippen MR) is 132 cm³/mol. The molecular weight excluding hydrogens is 490 g/mol. The minimum absolute atomic E-state index is 0.0553. The summed E-state index contributed by atoms with van der Waals surface area (Å²) in [4.78, 5) is 13.1. The molecule has 2 aliphatic heterocycles. The average molecular weight is 522 g/mol. The van der Waals surface area contributed by atoms with Gasteiger partial charge in [-0.2, -0.15) is 8.61 Å². The number of benzene rings is 2. The van der Waals surface area contributed by atoms with E-state index in [1.807, 2.05) is 0 Å². The first-order chi connectivity index (χ1) is 16.7. The van der Waals surface area contributed by atoms with Crippen LogP contribution in [0.5, 0.6) is 0 Å². The van der Waals surface area contributed by atoms with Crippen molar-refractivity contribution in [3.63, 3.8) is 0 Å². The van der Waals surface area contributed by atoms with Gasteiger partial charge in [0.2, 0.25) is 20.0 Å². The zero-order valence-electron chi connectivity index (χ0n) is 19.7. The van der Waals surface area contributed by atoms with Crippen LogP contribution in [-0.4, -0.2) is 77.2 Å². The molecule has 2 fully saturated rings. The molecule has 0 spiro atoms. The van der Waals surface area contributed by atoms with E-state index in [4.69, 9.17) is 4.74 Å². The summed E-state index contributed by atoms with van der Waals surface area (Å²) in [6.07, 6.45) is 1.66. The number of rotatable bonds is 8. The molecule has 2 aliphatic rings. The monoisotopic (exact) mass is 521 g/mol. The number of piperidine rings is 1. The van der Waals surface area contributed by atoms with Gasteiger partial charge in [-0.1, -0.05) is 19.1 Å². The molecule has 2 heterocycles. The second-order valence-electron chi connectivity index (χ2n) is 8.93. The van der Waals surface area contributed by atoms with Crippen LogP contribution in [0.4, 0.5) is 5.69 Å². The number of carbonyl (C=O) groups excluding carboxylic acids is 1. The Morgan fingerprint density at radius 2 is 1.49 bits per heavy atom. The minimum Gasteiger partial charge on any atom is -0.379 e. The molecule has 0 aliphatic carbocycles. The molecule has 0 bridgehead atoms. The summed E-state index contributed by atoms with van der Waals surface area (Å²) in [5.41, 5.74) is 0.890. The molecule has 4 rings (SSSR count). The quantitative estimate of drug-likeness (QED) is 0.531. The summed E-state index contributed by atoms with van der Waals surface area (Å²) in [5, 5.41) is 2.99. The number of hydrogen-bond donors (Lipinski definition) is 1. The van der Waals surface area contributed by atoms with Gasteiger partial charge in [-0.25, -0.2) is 16.8 Å². The van der Waals surface area contributed by atoms with Crippen LogP contribution in [-0.2, 0) is 24.8 Å². The zero-order chi connectivity index (χ0) is 25.1. The number of hydrogen-bond acceptors (Lipinski definition) is 7.